The molecule has 0 saturated carbocycles. The Morgan fingerprint density at radius 3 is 2.56 bits per heavy atom. The third kappa shape index (κ3) is 3.81. The summed E-state index contributed by atoms with van der Waals surface area (Å²) in [6.07, 6.45) is -0.604. The average molecular weight is 341 g/mol. The molecule has 0 aromatic heterocycles. The second-order valence-electron chi connectivity index (χ2n) is 3.20. The van der Waals surface area contributed by atoms with Crippen molar-refractivity contribution in [1.82, 2.24) is 0 Å². The van der Waals surface area contributed by atoms with E-state index in [4.69, 9.17) is 25.8 Å². The van der Waals surface area contributed by atoms with Gasteiger partial charge in [0.2, 0.25) is 5.75 Å². The monoisotopic (exact) mass is 339 g/mol. The van der Waals surface area contributed by atoms with E-state index in [9.17, 15) is 10.1 Å². The lowest BCUT2D eigenvalue weighted by molar-refractivity contribution is -0.386. The van der Waals surface area contributed by atoms with Crippen LogP contribution in [0.15, 0.2) is 16.6 Å². The highest BCUT2D eigenvalue weighted by atomic mass is 79.9. The van der Waals surface area contributed by atoms with Crippen LogP contribution in [-0.2, 0) is 9.47 Å². The van der Waals surface area contributed by atoms with Gasteiger partial charge < -0.3 is 14.2 Å². The van der Waals surface area contributed by atoms with Crippen LogP contribution in [0, 0.1) is 10.1 Å². The van der Waals surface area contributed by atoms with Crippen LogP contribution in [0.4, 0.5) is 5.69 Å². The van der Waals surface area contributed by atoms with Gasteiger partial charge in [0.05, 0.1) is 9.40 Å². The smallest absolute Gasteiger partial charge is 0.313 e. The summed E-state index contributed by atoms with van der Waals surface area (Å²) in [5.41, 5.74) is -0.222. The summed E-state index contributed by atoms with van der Waals surface area (Å²) in [5.74, 6) is 0.0866. The van der Waals surface area contributed by atoms with Gasteiger partial charge in [-0.2, -0.15) is 0 Å². The first kappa shape index (κ1) is 15.2. The van der Waals surface area contributed by atoms with E-state index >= 15 is 0 Å². The minimum atomic E-state index is -0.604. The van der Waals surface area contributed by atoms with Crippen molar-refractivity contribution in [2.45, 2.75) is 6.29 Å². The number of halogens is 2. The predicted octanol–water partition coefficient (Wildman–Crippen LogP) is 3.01. The zero-order valence-corrected chi connectivity index (χ0v) is 12.0. The van der Waals surface area contributed by atoms with E-state index in [0.717, 1.165) is 0 Å². The molecule has 0 aliphatic carbocycles. The number of hydrogen-bond acceptors (Lipinski definition) is 5. The molecular weight excluding hydrogens is 329 g/mol. The van der Waals surface area contributed by atoms with Gasteiger partial charge in [0.25, 0.3) is 0 Å². The Morgan fingerprint density at radius 2 is 2.06 bits per heavy atom. The molecule has 0 N–H and O–H groups in total. The Balaban J connectivity index is 2.96. The molecule has 1 rings (SSSR count). The molecule has 0 atom stereocenters. The lowest BCUT2D eigenvalue weighted by Gasteiger charge is -2.15. The zero-order valence-electron chi connectivity index (χ0n) is 9.68. The Bertz CT molecular complexity index is 439. The summed E-state index contributed by atoms with van der Waals surface area (Å²) >= 11 is 8.91. The van der Waals surface area contributed by atoms with Crippen LogP contribution in [-0.4, -0.2) is 32.0 Å². The molecular formula is C10H11BrClNO5. The Kier molecular flexibility index (Phi) is 5.80. The number of ether oxygens (including phenoxy) is 3. The summed E-state index contributed by atoms with van der Waals surface area (Å²) < 4.78 is 15.6. The number of nitro groups is 1. The van der Waals surface area contributed by atoms with Crippen molar-refractivity contribution in [3.8, 4) is 5.75 Å². The molecule has 0 fully saturated rings. The van der Waals surface area contributed by atoms with Crippen LogP contribution in [0.25, 0.3) is 0 Å². The van der Waals surface area contributed by atoms with Crippen LogP contribution in [0.3, 0.4) is 0 Å². The fourth-order valence-corrected chi connectivity index (χ4v) is 2.12. The summed E-state index contributed by atoms with van der Waals surface area (Å²) in [4.78, 5) is 10.3. The van der Waals surface area contributed by atoms with E-state index in [-0.39, 0.29) is 23.1 Å². The van der Waals surface area contributed by atoms with Crippen LogP contribution < -0.4 is 4.74 Å². The van der Waals surface area contributed by atoms with Crippen molar-refractivity contribution in [3.05, 3.63) is 31.7 Å². The van der Waals surface area contributed by atoms with E-state index in [1.54, 1.807) is 0 Å². The van der Waals surface area contributed by atoms with Crippen LogP contribution >= 0.6 is 27.5 Å². The summed E-state index contributed by atoms with van der Waals surface area (Å²) in [7, 11) is 2.89. The van der Waals surface area contributed by atoms with Gasteiger partial charge in [0.1, 0.15) is 6.61 Å². The maximum atomic E-state index is 10.9. The largest absolute Gasteiger partial charge is 0.481 e. The van der Waals surface area contributed by atoms with E-state index in [2.05, 4.69) is 15.9 Å². The van der Waals surface area contributed by atoms with Crippen molar-refractivity contribution in [2.24, 2.45) is 0 Å². The van der Waals surface area contributed by atoms with Crippen molar-refractivity contribution < 1.29 is 19.1 Å². The molecule has 6 nitrogen and oxygen atoms in total. The Labute approximate surface area is 117 Å². The lowest BCUT2D eigenvalue weighted by atomic mass is 10.3. The molecule has 1 aromatic rings. The topological polar surface area (TPSA) is 70.8 Å². The number of rotatable bonds is 6. The minimum Gasteiger partial charge on any atom is -0.481 e. The van der Waals surface area contributed by atoms with Crippen LogP contribution in [0.1, 0.15) is 0 Å². The van der Waals surface area contributed by atoms with Gasteiger partial charge in [-0.25, -0.2) is 0 Å². The second-order valence-corrected chi connectivity index (χ2v) is 4.50. The molecule has 100 valence electrons. The highest BCUT2D eigenvalue weighted by molar-refractivity contribution is 9.10. The van der Waals surface area contributed by atoms with Crippen molar-refractivity contribution >= 4 is 33.2 Å². The average Bonchev–Trinajstić information content (AvgIpc) is 2.31. The third-order valence-electron chi connectivity index (χ3n) is 2.08. The molecule has 0 aliphatic rings. The SMILES string of the molecule is COC(COc1c(Br)cc(Cl)cc1[N+](=O)[O-])OC. The summed E-state index contributed by atoms with van der Waals surface area (Å²) in [6, 6.07) is 2.73. The number of methoxy groups -OCH3 is 2. The first-order valence-electron chi connectivity index (χ1n) is 4.81. The van der Waals surface area contributed by atoms with E-state index in [1.807, 2.05) is 0 Å². The van der Waals surface area contributed by atoms with E-state index < -0.39 is 11.2 Å². The molecule has 0 aliphatic heterocycles. The Morgan fingerprint density at radius 1 is 1.44 bits per heavy atom. The molecule has 18 heavy (non-hydrogen) atoms. The van der Waals surface area contributed by atoms with E-state index in [0.29, 0.717) is 4.47 Å². The molecule has 0 saturated heterocycles. The number of nitro benzene ring substituents is 1. The highest BCUT2D eigenvalue weighted by Crippen LogP contribution is 2.37. The van der Waals surface area contributed by atoms with Gasteiger partial charge in [0.15, 0.2) is 6.29 Å². The first-order chi connectivity index (χ1) is 8.49. The molecule has 0 radical (unpaired) electrons. The predicted molar refractivity (Wildman–Crippen MR) is 69.1 cm³/mol. The fourth-order valence-electron chi connectivity index (χ4n) is 1.21. The molecule has 0 unspecified atom stereocenters. The zero-order chi connectivity index (χ0) is 13.7. The molecule has 0 spiro atoms. The van der Waals surface area contributed by atoms with Gasteiger partial charge in [-0.15, -0.1) is 0 Å². The summed E-state index contributed by atoms with van der Waals surface area (Å²) in [6.45, 7) is 0.0219. The minimum absolute atomic E-state index is 0.0219. The van der Waals surface area contributed by atoms with Crippen LogP contribution in [0.2, 0.25) is 5.02 Å². The van der Waals surface area contributed by atoms with Gasteiger partial charge in [-0.05, 0) is 22.0 Å². The second kappa shape index (κ2) is 6.89. The van der Waals surface area contributed by atoms with Crippen molar-refractivity contribution in [1.29, 1.82) is 0 Å². The van der Waals surface area contributed by atoms with Crippen molar-refractivity contribution in [2.75, 3.05) is 20.8 Å². The highest BCUT2D eigenvalue weighted by Gasteiger charge is 2.21. The number of benzene rings is 1. The molecule has 0 bridgehead atoms. The summed E-state index contributed by atoms with van der Waals surface area (Å²) in [5, 5.41) is 11.1. The normalized spacial score (nSPS) is 10.7. The standard InChI is InChI=1S/C10H11BrClNO5/c1-16-9(17-2)5-18-10-7(11)3-6(12)4-8(10)13(14)15/h3-4,9H,5H2,1-2H3. The number of hydrogen-bond donors (Lipinski definition) is 0. The maximum absolute atomic E-state index is 10.9. The van der Waals surface area contributed by atoms with E-state index in [1.165, 1.54) is 26.4 Å². The van der Waals surface area contributed by atoms with Gasteiger partial charge in [-0.1, -0.05) is 11.6 Å². The number of nitrogens with zero attached hydrogens (tertiary/aromatic N) is 1. The van der Waals surface area contributed by atoms with Crippen molar-refractivity contribution in [3.63, 3.8) is 0 Å². The van der Waals surface area contributed by atoms with Gasteiger partial charge >= 0.3 is 5.69 Å². The molecule has 0 heterocycles. The van der Waals surface area contributed by atoms with Crippen LogP contribution in [0.5, 0.6) is 5.75 Å². The first-order valence-corrected chi connectivity index (χ1v) is 5.98. The van der Waals surface area contributed by atoms with Gasteiger partial charge in [-0.3, -0.25) is 10.1 Å². The molecule has 1 aromatic carbocycles. The Hall–Kier alpha value is -0.890. The van der Waals surface area contributed by atoms with Gasteiger partial charge in [0, 0.05) is 25.3 Å². The maximum Gasteiger partial charge on any atom is 0.313 e. The quantitative estimate of drug-likeness (QED) is 0.452. The third-order valence-corrected chi connectivity index (χ3v) is 2.88. The molecule has 0 amide bonds. The molecule has 8 heteroatoms. The fraction of sp³-hybridized carbons (Fsp3) is 0.400. The lowest BCUT2D eigenvalue weighted by Crippen LogP contribution is -2.22.